The quantitative estimate of drug-likeness (QED) is 0.804. The largest absolute Gasteiger partial charge is 0.352 e. The van der Waals surface area contributed by atoms with Crippen LogP contribution in [0.25, 0.3) is 0 Å². The second kappa shape index (κ2) is 7.00. The number of ether oxygens (including phenoxy) is 1. The number of nitrogens with zero attached hydrogens (tertiary/aromatic N) is 5. The first kappa shape index (κ1) is 17.3. The van der Waals surface area contributed by atoms with Crippen LogP contribution in [0.4, 0.5) is 0 Å². The Morgan fingerprint density at radius 3 is 2.74 bits per heavy atom. The van der Waals surface area contributed by atoms with Crippen molar-refractivity contribution in [2.75, 3.05) is 26.2 Å². The van der Waals surface area contributed by atoms with Crippen molar-refractivity contribution in [2.24, 2.45) is 0 Å². The number of aromatic nitrogens is 3. The Morgan fingerprint density at radius 1 is 1.19 bits per heavy atom. The fourth-order valence-electron chi connectivity index (χ4n) is 4.60. The maximum atomic E-state index is 13.0. The molecular weight excluding hydrogens is 362 g/mol. The normalized spacial score (nSPS) is 25.0. The third kappa shape index (κ3) is 3.19. The number of fused-ring (bicyclic) bond motifs is 2. The first-order valence-corrected chi connectivity index (χ1v) is 10.7. The van der Waals surface area contributed by atoms with Crippen LogP contribution in [-0.2, 0) is 28.2 Å². The highest BCUT2D eigenvalue weighted by atomic mass is 32.1. The van der Waals surface area contributed by atoms with Gasteiger partial charge in [0.05, 0.1) is 13.1 Å². The third-order valence-corrected chi connectivity index (χ3v) is 6.82. The molecule has 2 aromatic heterocycles. The zero-order valence-corrected chi connectivity index (χ0v) is 16.2. The summed E-state index contributed by atoms with van der Waals surface area (Å²) in [6, 6.07) is 0. The van der Waals surface area contributed by atoms with Gasteiger partial charge in [-0.15, -0.1) is 11.3 Å². The number of hydrogen-bond donors (Lipinski definition) is 0. The molecule has 7 nitrogen and oxygen atoms in total. The van der Waals surface area contributed by atoms with E-state index < -0.39 is 11.7 Å². The predicted octanol–water partition coefficient (Wildman–Crippen LogP) is 1.85. The van der Waals surface area contributed by atoms with Gasteiger partial charge in [-0.1, -0.05) is 0 Å². The third-order valence-electron chi connectivity index (χ3n) is 6.05. The maximum absolute atomic E-state index is 13.0. The number of piperidine rings is 1. The minimum absolute atomic E-state index is 0.149. The maximum Gasteiger partial charge on any atom is 0.253 e. The first-order chi connectivity index (χ1) is 13.2. The molecule has 2 aromatic rings. The van der Waals surface area contributed by atoms with Gasteiger partial charge in [-0.05, 0) is 25.7 Å². The molecule has 0 saturated carbocycles. The van der Waals surface area contributed by atoms with Crippen molar-refractivity contribution in [1.29, 1.82) is 0 Å². The monoisotopic (exact) mass is 387 g/mol. The van der Waals surface area contributed by atoms with Crippen LogP contribution in [0.3, 0.4) is 0 Å². The second-order valence-corrected chi connectivity index (χ2v) is 8.72. The van der Waals surface area contributed by atoms with E-state index in [0.29, 0.717) is 6.54 Å². The van der Waals surface area contributed by atoms with Gasteiger partial charge in [0.2, 0.25) is 0 Å². The summed E-state index contributed by atoms with van der Waals surface area (Å²) in [6.45, 7) is 5.05. The minimum Gasteiger partial charge on any atom is -0.352 e. The first-order valence-electron chi connectivity index (χ1n) is 9.82. The summed E-state index contributed by atoms with van der Waals surface area (Å²) in [5.74, 6) is 1.14. The van der Waals surface area contributed by atoms with Gasteiger partial charge in [-0.2, -0.15) is 0 Å². The Hall–Kier alpha value is -1.77. The number of rotatable bonds is 3. The van der Waals surface area contributed by atoms with Gasteiger partial charge in [0.25, 0.3) is 5.91 Å². The summed E-state index contributed by atoms with van der Waals surface area (Å²) in [7, 11) is 0. The number of likely N-dealkylation sites (tertiary alicyclic amines) is 2. The summed E-state index contributed by atoms with van der Waals surface area (Å²) in [5.41, 5.74) is -0.443. The average Bonchev–Trinajstić information content (AvgIpc) is 3.45. The van der Waals surface area contributed by atoms with Crippen molar-refractivity contribution in [3.63, 3.8) is 0 Å². The average molecular weight is 388 g/mol. The molecule has 5 rings (SSSR count). The van der Waals surface area contributed by atoms with Crippen LogP contribution in [0.15, 0.2) is 24.0 Å². The van der Waals surface area contributed by atoms with Crippen molar-refractivity contribution in [3.8, 4) is 0 Å². The number of imidazole rings is 1. The van der Waals surface area contributed by atoms with Crippen LogP contribution >= 0.6 is 11.3 Å². The molecule has 2 saturated heterocycles. The lowest BCUT2D eigenvalue weighted by Crippen LogP contribution is -2.54. The summed E-state index contributed by atoms with van der Waals surface area (Å²) in [5, 5.41) is 3.18. The van der Waals surface area contributed by atoms with E-state index in [4.69, 9.17) is 4.74 Å². The van der Waals surface area contributed by atoms with Crippen LogP contribution in [0.2, 0.25) is 0 Å². The number of carbonyl (C=O) groups excluding carboxylic acids is 1. The molecule has 3 aliphatic heterocycles. The van der Waals surface area contributed by atoms with E-state index in [1.165, 1.54) is 0 Å². The van der Waals surface area contributed by atoms with Crippen molar-refractivity contribution in [3.05, 3.63) is 34.8 Å². The van der Waals surface area contributed by atoms with Crippen molar-refractivity contribution in [2.45, 2.75) is 50.5 Å². The number of thiazole rings is 1. The summed E-state index contributed by atoms with van der Waals surface area (Å²) in [4.78, 5) is 26.4. The highest BCUT2D eigenvalue weighted by Crippen LogP contribution is 2.40. The molecule has 0 bridgehead atoms. The van der Waals surface area contributed by atoms with Gasteiger partial charge in [0.1, 0.15) is 16.4 Å². The standard InChI is InChI=1S/C19H25N5O2S/c25-17(23-7-1-2-8-23)15-13-24-11-5-21-18(24)19(26-15)3-9-22(10-4-19)14-16-20-6-12-27-16/h5-6,11-12,15H,1-4,7-10,13-14H2/t15-/m1/s1. The van der Waals surface area contributed by atoms with Crippen LogP contribution in [0.5, 0.6) is 0 Å². The summed E-state index contributed by atoms with van der Waals surface area (Å²) < 4.78 is 8.68. The summed E-state index contributed by atoms with van der Waals surface area (Å²) in [6.07, 6.45) is 9.23. The lowest BCUT2D eigenvalue weighted by Gasteiger charge is -2.45. The smallest absolute Gasteiger partial charge is 0.253 e. The van der Waals surface area contributed by atoms with Crippen molar-refractivity contribution < 1.29 is 9.53 Å². The van der Waals surface area contributed by atoms with Crippen LogP contribution in [0, 0.1) is 0 Å². The second-order valence-electron chi connectivity index (χ2n) is 7.74. The van der Waals surface area contributed by atoms with Gasteiger partial charge in [-0.25, -0.2) is 9.97 Å². The lowest BCUT2D eigenvalue weighted by molar-refractivity contribution is -0.180. The molecule has 0 aliphatic carbocycles. The van der Waals surface area contributed by atoms with E-state index in [2.05, 4.69) is 19.4 Å². The van der Waals surface area contributed by atoms with E-state index in [9.17, 15) is 4.79 Å². The molecule has 27 heavy (non-hydrogen) atoms. The molecule has 0 aromatic carbocycles. The Labute approximate surface area is 163 Å². The fraction of sp³-hybridized carbons (Fsp3) is 0.632. The molecule has 3 aliphatic rings. The number of amides is 1. The number of hydrogen-bond acceptors (Lipinski definition) is 6. The highest BCUT2D eigenvalue weighted by Gasteiger charge is 2.47. The molecule has 5 heterocycles. The van der Waals surface area contributed by atoms with E-state index in [-0.39, 0.29) is 5.91 Å². The highest BCUT2D eigenvalue weighted by molar-refractivity contribution is 7.09. The van der Waals surface area contributed by atoms with Gasteiger partial charge in [0, 0.05) is 50.1 Å². The van der Waals surface area contributed by atoms with E-state index in [1.807, 2.05) is 28.9 Å². The molecular formula is C19H25N5O2S. The molecule has 144 valence electrons. The molecule has 1 amide bonds. The van der Waals surface area contributed by atoms with Crippen LogP contribution < -0.4 is 0 Å². The van der Waals surface area contributed by atoms with Crippen molar-refractivity contribution >= 4 is 17.2 Å². The van der Waals surface area contributed by atoms with Crippen LogP contribution in [-0.4, -0.2) is 62.5 Å². The van der Waals surface area contributed by atoms with Gasteiger partial charge >= 0.3 is 0 Å². The number of carbonyl (C=O) groups is 1. The van der Waals surface area contributed by atoms with Crippen LogP contribution in [0.1, 0.15) is 36.5 Å². The zero-order valence-electron chi connectivity index (χ0n) is 15.4. The predicted molar refractivity (Wildman–Crippen MR) is 101 cm³/mol. The molecule has 0 radical (unpaired) electrons. The summed E-state index contributed by atoms with van der Waals surface area (Å²) >= 11 is 1.70. The molecule has 1 spiro atoms. The molecule has 2 fully saturated rings. The Balaban J connectivity index is 1.33. The SMILES string of the molecule is O=C([C@H]1Cn2ccnc2C2(CCN(Cc3nccs3)CC2)O1)N1CCCC1. The molecule has 8 heteroatoms. The lowest BCUT2D eigenvalue weighted by atomic mass is 9.88. The fourth-order valence-corrected chi connectivity index (χ4v) is 5.26. The van der Waals surface area contributed by atoms with Gasteiger partial charge in [-0.3, -0.25) is 9.69 Å². The van der Waals surface area contributed by atoms with E-state index in [0.717, 1.165) is 69.2 Å². The van der Waals surface area contributed by atoms with Gasteiger partial charge < -0.3 is 14.2 Å². The Morgan fingerprint density at radius 2 is 2.00 bits per heavy atom. The Kier molecular flexibility index (Phi) is 4.49. The van der Waals surface area contributed by atoms with E-state index >= 15 is 0 Å². The Bertz CT molecular complexity index is 791. The van der Waals surface area contributed by atoms with Gasteiger partial charge in [0.15, 0.2) is 6.10 Å². The van der Waals surface area contributed by atoms with Crippen molar-refractivity contribution in [1.82, 2.24) is 24.3 Å². The van der Waals surface area contributed by atoms with E-state index in [1.54, 1.807) is 11.3 Å². The topological polar surface area (TPSA) is 63.5 Å². The minimum atomic E-state index is -0.443. The zero-order chi connectivity index (χ0) is 18.3. The molecule has 1 atom stereocenters. The molecule has 0 N–H and O–H groups in total. The molecule has 0 unspecified atom stereocenters.